The number of allylic oxidation sites excluding steroid dienone is 2. The molecular weight excluding hydrogens is 292 g/mol. The second kappa shape index (κ2) is 5.86. The highest BCUT2D eigenvalue weighted by atomic mass is 16.5. The van der Waals surface area contributed by atoms with Crippen molar-refractivity contribution in [2.75, 3.05) is 7.11 Å². The Labute approximate surface area is 149 Å². The van der Waals surface area contributed by atoms with Gasteiger partial charge in [0.1, 0.15) is 0 Å². The van der Waals surface area contributed by atoms with Crippen molar-refractivity contribution < 1.29 is 4.74 Å². The lowest BCUT2D eigenvalue weighted by Gasteiger charge is -2.62. The normalized spacial score (nSPS) is 55.8. The van der Waals surface area contributed by atoms with Crippen LogP contribution in [-0.2, 0) is 4.74 Å². The smallest absolute Gasteiger partial charge is 0.0615 e. The maximum absolute atomic E-state index is 6.24. The molecule has 24 heavy (non-hydrogen) atoms. The maximum Gasteiger partial charge on any atom is 0.0615 e. The monoisotopic (exact) mass is 330 g/mol. The fourth-order valence-electron chi connectivity index (χ4n) is 8.11. The lowest BCUT2D eigenvalue weighted by atomic mass is 9.44. The van der Waals surface area contributed by atoms with Gasteiger partial charge >= 0.3 is 0 Å². The van der Waals surface area contributed by atoms with Crippen molar-refractivity contribution in [3.05, 3.63) is 11.6 Å². The Kier molecular flexibility index (Phi) is 4.18. The first-order valence-corrected chi connectivity index (χ1v) is 10.6. The van der Waals surface area contributed by atoms with Crippen LogP contribution in [-0.4, -0.2) is 13.2 Å². The van der Waals surface area contributed by atoms with Crippen molar-refractivity contribution in [1.29, 1.82) is 0 Å². The molecule has 0 aromatic carbocycles. The van der Waals surface area contributed by atoms with E-state index in [1.165, 1.54) is 51.4 Å². The molecule has 0 aromatic rings. The Morgan fingerprint density at radius 2 is 1.92 bits per heavy atom. The third-order valence-corrected chi connectivity index (χ3v) is 9.34. The molecule has 4 rings (SSSR count). The number of rotatable bonds is 1. The van der Waals surface area contributed by atoms with Gasteiger partial charge in [-0.3, -0.25) is 0 Å². The third kappa shape index (κ3) is 2.22. The van der Waals surface area contributed by atoms with Crippen LogP contribution >= 0.6 is 0 Å². The zero-order valence-corrected chi connectivity index (χ0v) is 16.6. The summed E-state index contributed by atoms with van der Waals surface area (Å²) in [7, 11) is 1.99. The van der Waals surface area contributed by atoms with Crippen molar-refractivity contribution in [1.82, 2.24) is 0 Å². The summed E-state index contributed by atoms with van der Waals surface area (Å²) in [6.45, 7) is 9.96. The number of ether oxygens (including phenoxy) is 1. The van der Waals surface area contributed by atoms with E-state index in [1.807, 2.05) is 7.11 Å². The average molecular weight is 331 g/mol. The zero-order valence-electron chi connectivity index (χ0n) is 16.6. The van der Waals surface area contributed by atoms with Gasteiger partial charge in [0.25, 0.3) is 0 Å². The Hall–Kier alpha value is -0.300. The predicted octanol–water partition coefficient (Wildman–Crippen LogP) is 6.24. The minimum atomic E-state index is 0.418. The molecule has 8 atom stereocenters. The van der Waals surface area contributed by atoms with Crippen molar-refractivity contribution in [2.45, 2.75) is 85.2 Å². The summed E-state index contributed by atoms with van der Waals surface area (Å²) in [4.78, 5) is 0. The summed E-state index contributed by atoms with van der Waals surface area (Å²) in [5.74, 6) is 4.52. The minimum absolute atomic E-state index is 0.418. The molecule has 0 N–H and O–H groups in total. The van der Waals surface area contributed by atoms with E-state index < -0.39 is 0 Å². The van der Waals surface area contributed by atoms with Gasteiger partial charge < -0.3 is 4.74 Å². The molecule has 1 nitrogen and oxygen atoms in total. The molecule has 0 amide bonds. The van der Waals surface area contributed by atoms with Gasteiger partial charge in [0.15, 0.2) is 0 Å². The second-order valence-electron chi connectivity index (χ2n) is 10.2. The van der Waals surface area contributed by atoms with Crippen molar-refractivity contribution in [2.24, 2.45) is 40.4 Å². The fraction of sp³-hybridized carbons (Fsp3) is 0.913. The van der Waals surface area contributed by atoms with Gasteiger partial charge in [-0.25, -0.2) is 0 Å². The van der Waals surface area contributed by atoms with E-state index in [1.54, 1.807) is 5.57 Å². The number of hydrogen-bond acceptors (Lipinski definition) is 1. The van der Waals surface area contributed by atoms with Gasteiger partial charge in [-0.1, -0.05) is 38.8 Å². The number of fused-ring (bicyclic) bond motifs is 5. The SMILES string of the molecule is C/C=C1/CC[C@H]2[C@@H]3CC[C@H]4C[C@H](C)CC[C@]4(C)[C@H]3[C@@H](OC)C[C@]12C. The molecule has 4 saturated carbocycles. The van der Waals surface area contributed by atoms with Crippen LogP contribution in [0.4, 0.5) is 0 Å². The first-order valence-electron chi connectivity index (χ1n) is 10.6. The summed E-state index contributed by atoms with van der Waals surface area (Å²) in [5, 5.41) is 0. The summed E-state index contributed by atoms with van der Waals surface area (Å²) in [5.41, 5.74) is 2.69. The van der Waals surface area contributed by atoms with Crippen LogP contribution in [0.15, 0.2) is 11.6 Å². The van der Waals surface area contributed by atoms with E-state index in [2.05, 4.69) is 33.8 Å². The van der Waals surface area contributed by atoms with E-state index >= 15 is 0 Å². The molecule has 0 heterocycles. The Morgan fingerprint density at radius 1 is 1.12 bits per heavy atom. The molecule has 0 aromatic heterocycles. The average Bonchev–Trinajstić information content (AvgIpc) is 2.90. The van der Waals surface area contributed by atoms with Gasteiger partial charge in [-0.15, -0.1) is 0 Å². The first kappa shape index (κ1) is 17.1. The van der Waals surface area contributed by atoms with E-state index in [4.69, 9.17) is 4.74 Å². The minimum Gasteiger partial charge on any atom is -0.381 e. The molecular formula is C23H38O. The number of methoxy groups -OCH3 is 1. The molecule has 4 aliphatic rings. The Bertz CT molecular complexity index is 522. The molecule has 4 aliphatic carbocycles. The van der Waals surface area contributed by atoms with Crippen LogP contribution in [0, 0.1) is 40.4 Å². The highest BCUT2D eigenvalue weighted by Gasteiger charge is 2.62. The Morgan fingerprint density at radius 3 is 2.62 bits per heavy atom. The van der Waals surface area contributed by atoms with E-state index in [0.29, 0.717) is 16.9 Å². The topological polar surface area (TPSA) is 9.23 Å². The molecule has 136 valence electrons. The summed E-state index contributed by atoms with van der Waals surface area (Å²) in [6, 6.07) is 0. The molecule has 4 fully saturated rings. The van der Waals surface area contributed by atoms with Gasteiger partial charge in [0, 0.05) is 7.11 Å². The van der Waals surface area contributed by atoms with E-state index in [9.17, 15) is 0 Å². The maximum atomic E-state index is 6.24. The van der Waals surface area contributed by atoms with Gasteiger partial charge in [-0.05, 0) is 92.3 Å². The molecule has 0 aliphatic heterocycles. The lowest BCUT2D eigenvalue weighted by Crippen LogP contribution is -2.58. The van der Waals surface area contributed by atoms with E-state index in [0.717, 1.165) is 29.6 Å². The van der Waals surface area contributed by atoms with Crippen molar-refractivity contribution in [3.63, 3.8) is 0 Å². The fourth-order valence-corrected chi connectivity index (χ4v) is 8.11. The molecule has 1 heteroatoms. The summed E-state index contributed by atoms with van der Waals surface area (Å²) < 4.78 is 6.24. The Balaban J connectivity index is 1.71. The molecule has 0 spiro atoms. The highest BCUT2D eigenvalue weighted by Crippen LogP contribution is 2.68. The number of hydrogen-bond donors (Lipinski definition) is 0. The van der Waals surface area contributed by atoms with Gasteiger partial charge in [0.2, 0.25) is 0 Å². The lowest BCUT2D eigenvalue weighted by molar-refractivity contribution is -0.170. The standard InChI is InChI=1S/C23H38O/c1-6-16-8-10-19-18-9-7-17-13-15(2)11-12-22(17,3)21(18)20(24-5)14-23(16,19)4/h6,15,17-21H,7-14H2,1-5H3/b16-6-/t15-,17+,18+,19+,20+,21-,22+,23-/m1/s1. The van der Waals surface area contributed by atoms with Crippen LogP contribution < -0.4 is 0 Å². The van der Waals surface area contributed by atoms with Crippen LogP contribution in [0.5, 0.6) is 0 Å². The predicted molar refractivity (Wildman–Crippen MR) is 101 cm³/mol. The van der Waals surface area contributed by atoms with Crippen LogP contribution in [0.2, 0.25) is 0 Å². The van der Waals surface area contributed by atoms with Gasteiger partial charge in [0.05, 0.1) is 6.10 Å². The zero-order chi connectivity index (χ0) is 17.1. The van der Waals surface area contributed by atoms with Gasteiger partial charge in [-0.2, -0.15) is 0 Å². The third-order valence-electron chi connectivity index (χ3n) is 9.34. The van der Waals surface area contributed by atoms with Crippen LogP contribution in [0.25, 0.3) is 0 Å². The molecule has 0 saturated heterocycles. The second-order valence-corrected chi connectivity index (χ2v) is 10.2. The van der Waals surface area contributed by atoms with Crippen molar-refractivity contribution in [3.8, 4) is 0 Å². The summed E-state index contributed by atoms with van der Waals surface area (Å²) in [6.07, 6.45) is 14.3. The molecule has 0 bridgehead atoms. The molecule has 0 radical (unpaired) electrons. The quantitative estimate of drug-likeness (QED) is 0.517. The van der Waals surface area contributed by atoms with Crippen LogP contribution in [0.3, 0.4) is 0 Å². The van der Waals surface area contributed by atoms with Crippen molar-refractivity contribution >= 4 is 0 Å². The van der Waals surface area contributed by atoms with E-state index in [-0.39, 0.29) is 0 Å². The summed E-state index contributed by atoms with van der Waals surface area (Å²) >= 11 is 0. The first-order chi connectivity index (χ1) is 11.4. The largest absolute Gasteiger partial charge is 0.381 e. The molecule has 0 unspecified atom stereocenters. The highest BCUT2D eigenvalue weighted by molar-refractivity contribution is 5.25. The van der Waals surface area contributed by atoms with Crippen LogP contribution in [0.1, 0.15) is 79.1 Å².